The fourth-order valence-corrected chi connectivity index (χ4v) is 3.22. The molecule has 0 aliphatic carbocycles. The van der Waals surface area contributed by atoms with Gasteiger partial charge in [0.25, 0.3) is 5.56 Å². The number of nitrogens with zero attached hydrogens (tertiary/aromatic N) is 2. The number of alkyl halides is 3. The van der Waals surface area contributed by atoms with Crippen LogP contribution in [0.2, 0.25) is 5.02 Å². The van der Waals surface area contributed by atoms with Crippen LogP contribution >= 0.6 is 11.6 Å². The van der Waals surface area contributed by atoms with Crippen molar-refractivity contribution in [2.75, 3.05) is 12.1 Å². The SMILES string of the molecule is CC(C(=O)Nc1cc(C(F)(F)F)ccc1Cl)n1nc(-c2ccc3c(c2)OCO3)ccc1=O. The summed E-state index contributed by atoms with van der Waals surface area (Å²) in [4.78, 5) is 25.0. The van der Waals surface area contributed by atoms with Crippen LogP contribution in [0.3, 0.4) is 0 Å². The quantitative estimate of drug-likeness (QED) is 0.613. The van der Waals surface area contributed by atoms with Gasteiger partial charge in [-0.15, -0.1) is 0 Å². The van der Waals surface area contributed by atoms with Crippen LogP contribution in [0.4, 0.5) is 18.9 Å². The first-order valence-electron chi connectivity index (χ1n) is 9.31. The number of aromatic nitrogens is 2. The molecule has 0 spiro atoms. The summed E-state index contributed by atoms with van der Waals surface area (Å²) in [5, 5.41) is 6.50. The molecule has 166 valence electrons. The third-order valence-corrected chi connectivity index (χ3v) is 5.12. The van der Waals surface area contributed by atoms with Gasteiger partial charge in [-0.25, -0.2) is 4.68 Å². The van der Waals surface area contributed by atoms with E-state index < -0.39 is 29.2 Å². The van der Waals surface area contributed by atoms with E-state index in [1.807, 2.05) is 0 Å². The van der Waals surface area contributed by atoms with E-state index in [2.05, 4.69) is 10.4 Å². The molecule has 32 heavy (non-hydrogen) atoms. The van der Waals surface area contributed by atoms with E-state index in [0.29, 0.717) is 22.8 Å². The lowest BCUT2D eigenvalue weighted by Crippen LogP contribution is -2.33. The van der Waals surface area contributed by atoms with Gasteiger partial charge >= 0.3 is 6.18 Å². The lowest BCUT2D eigenvalue weighted by molar-refractivity contribution is -0.137. The molecular weight excluding hydrogens is 451 g/mol. The Morgan fingerprint density at radius 1 is 1.12 bits per heavy atom. The van der Waals surface area contributed by atoms with Gasteiger partial charge in [-0.3, -0.25) is 9.59 Å². The summed E-state index contributed by atoms with van der Waals surface area (Å²) in [5.41, 5.74) is -0.744. The minimum absolute atomic E-state index is 0.0760. The van der Waals surface area contributed by atoms with E-state index in [9.17, 15) is 22.8 Å². The van der Waals surface area contributed by atoms with E-state index in [-0.39, 0.29) is 17.5 Å². The fourth-order valence-electron chi connectivity index (χ4n) is 3.06. The van der Waals surface area contributed by atoms with E-state index in [1.165, 1.54) is 19.1 Å². The maximum atomic E-state index is 13.0. The lowest BCUT2D eigenvalue weighted by Gasteiger charge is -2.16. The Morgan fingerprint density at radius 2 is 1.88 bits per heavy atom. The van der Waals surface area contributed by atoms with Gasteiger partial charge in [0, 0.05) is 11.6 Å². The summed E-state index contributed by atoms with van der Waals surface area (Å²) in [5.74, 6) is 0.337. The number of rotatable bonds is 4. The summed E-state index contributed by atoms with van der Waals surface area (Å²) < 4.78 is 50.5. The number of hydrogen-bond acceptors (Lipinski definition) is 5. The second-order valence-corrected chi connectivity index (χ2v) is 7.33. The highest BCUT2D eigenvalue weighted by Crippen LogP contribution is 2.36. The average molecular weight is 466 g/mol. The van der Waals surface area contributed by atoms with E-state index >= 15 is 0 Å². The summed E-state index contributed by atoms with van der Waals surface area (Å²) in [6, 6.07) is 9.27. The Hall–Kier alpha value is -3.53. The van der Waals surface area contributed by atoms with Crippen molar-refractivity contribution in [2.24, 2.45) is 0 Å². The molecule has 1 aromatic heterocycles. The summed E-state index contributed by atoms with van der Waals surface area (Å²) in [7, 11) is 0. The zero-order valence-corrected chi connectivity index (χ0v) is 17.2. The predicted molar refractivity (Wildman–Crippen MR) is 110 cm³/mol. The smallest absolute Gasteiger partial charge is 0.416 e. The number of fused-ring (bicyclic) bond motifs is 1. The largest absolute Gasteiger partial charge is 0.454 e. The normalized spacial score (nSPS) is 13.7. The first-order valence-corrected chi connectivity index (χ1v) is 9.69. The fraction of sp³-hybridized carbons (Fsp3) is 0.190. The molecule has 1 atom stereocenters. The molecule has 3 aromatic rings. The molecule has 1 amide bonds. The third kappa shape index (κ3) is 4.26. The number of hydrogen-bond donors (Lipinski definition) is 1. The maximum absolute atomic E-state index is 13.0. The van der Waals surface area contributed by atoms with Gasteiger partial charge < -0.3 is 14.8 Å². The van der Waals surface area contributed by atoms with Crippen molar-refractivity contribution >= 4 is 23.2 Å². The number of ether oxygens (including phenoxy) is 2. The molecule has 0 saturated heterocycles. The highest BCUT2D eigenvalue weighted by Gasteiger charge is 2.31. The molecule has 4 rings (SSSR count). The minimum atomic E-state index is -4.60. The Balaban J connectivity index is 1.61. The highest BCUT2D eigenvalue weighted by molar-refractivity contribution is 6.33. The Morgan fingerprint density at radius 3 is 2.62 bits per heavy atom. The Labute approximate surface area is 184 Å². The first kappa shape index (κ1) is 21.7. The Kier molecular flexibility index (Phi) is 5.55. The van der Waals surface area contributed by atoms with Crippen molar-refractivity contribution in [1.82, 2.24) is 9.78 Å². The molecule has 0 radical (unpaired) electrons. The highest BCUT2D eigenvalue weighted by atomic mass is 35.5. The van der Waals surface area contributed by atoms with Gasteiger partial charge in [0.2, 0.25) is 12.7 Å². The van der Waals surface area contributed by atoms with Crippen molar-refractivity contribution in [3.05, 3.63) is 69.5 Å². The van der Waals surface area contributed by atoms with Crippen LogP contribution in [0.15, 0.2) is 53.3 Å². The molecule has 2 aromatic carbocycles. The van der Waals surface area contributed by atoms with Gasteiger partial charge in [-0.05, 0) is 49.4 Å². The number of benzene rings is 2. The third-order valence-electron chi connectivity index (χ3n) is 4.79. The van der Waals surface area contributed by atoms with Crippen LogP contribution in [0.25, 0.3) is 11.3 Å². The zero-order chi connectivity index (χ0) is 23.0. The predicted octanol–water partition coefficient (Wildman–Crippen LogP) is 4.51. The van der Waals surface area contributed by atoms with Crippen molar-refractivity contribution < 1.29 is 27.4 Å². The molecule has 2 heterocycles. The van der Waals surface area contributed by atoms with Gasteiger partial charge in [0.05, 0.1) is 22.0 Å². The van der Waals surface area contributed by atoms with Crippen molar-refractivity contribution in [1.29, 1.82) is 0 Å². The van der Waals surface area contributed by atoms with Crippen molar-refractivity contribution in [3.8, 4) is 22.8 Å². The summed E-state index contributed by atoms with van der Waals surface area (Å²) in [6.07, 6.45) is -4.60. The second-order valence-electron chi connectivity index (χ2n) is 6.93. The standard InChI is InChI=1S/C21H15ClF3N3O4/c1-11(20(30)26-16-9-13(21(23,24)25)3-4-14(16)22)28-19(29)7-5-15(27-28)12-2-6-17-18(8-12)32-10-31-17/h2-9,11H,10H2,1H3,(H,26,30). The van der Waals surface area contributed by atoms with Crippen LogP contribution in [0, 0.1) is 0 Å². The molecule has 1 aliphatic heterocycles. The molecule has 0 bridgehead atoms. The van der Waals surface area contributed by atoms with Crippen molar-refractivity contribution in [3.63, 3.8) is 0 Å². The number of carbonyl (C=O) groups is 1. The van der Waals surface area contributed by atoms with E-state index in [1.54, 1.807) is 18.2 Å². The number of carbonyl (C=O) groups excluding carboxylic acids is 1. The summed E-state index contributed by atoms with van der Waals surface area (Å²) in [6.45, 7) is 1.50. The van der Waals surface area contributed by atoms with Gasteiger partial charge in [0.1, 0.15) is 6.04 Å². The molecular formula is C21H15ClF3N3O4. The van der Waals surface area contributed by atoms with Crippen LogP contribution in [0.5, 0.6) is 11.5 Å². The monoisotopic (exact) mass is 465 g/mol. The number of anilines is 1. The minimum Gasteiger partial charge on any atom is -0.454 e. The molecule has 7 nitrogen and oxygen atoms in total. The topological polar surface area (TPSA) is 82.5 Å². The molecule has 0 saturated carbocycles. The molecule has 1 unspecified atom stereocenters. The maximum Gasteiger partial charge on any atom is 0.416 e. The number of amides is 1. The van der Waals surface area contributed by atoms with Crippen molar-refractivity contribution in [2.45, 2.75) is 19.1 Å². The van der Waals surface area contributed by atoms with Crippen LogP contribution in [0.1, 0.15) is 18.5 Å². The van der Waals surface area contributed by atoms with E-state index in [0.717, 1.165) is 22.9 Å². The van der Waals surface area contributed by atoms with E-state index in [4.69, 9.17) is 21.1 Å². The van der Waals surface area contributed by atoms with Crippen LogP contribution < -0.4 is 20.3 Å². The van der Waals surface area contributed by atoms with Crippen LogP contribution in [-0.2, 0) is 11.0 Å². The zero-order valence-electron chi connectivity index (χ0n) is 16.4. The van der Waals surface area contributed by atoms with Crippen LogP contribution in [-0.4, -0.2) is 22.5 Å². The lowest BCUT2D eigenvalue weighted by atomic mass is 10.1. The van der Waals surface area contributed by atoms with Gasteiger partial charge in [-0.1, -0.05) is 11.6 Å². The first-order chi connectivity index (χ1) is 15.1. The molecule has 0 fully saturated rings. The number of nitrogens with one attached hydrogen (secondary N) is 1. The number of halogens is 4. The molecule has 1 N–H and O–H groups in total. The van der Waals surface area contributed by atoms with Gasteiger partial charge in [0.15, 0.2) is 11.5 Å². The molecule has 1 aliphatic rings. The second kappa shape index (κ2) is 8.19. The Bertz CT molecular complexity index is 1260. The average Bonchev–Trinajstić information content (AvgIpc) is 3.22. The summed E-state index contributed by atoms with van der Waals surface area (Å²) >= 11 is 5.94. The van der Waals surface area contributed by atoms with Gasteiger partial charge in [-0.2, -0.15) is 18.3 Å². The molecule has 11 heteroatoms.